The van der Waals surface area contributed by atoms with Crippen LogP contribution in [-0.2, 0) is 0 Å². The highest BCUT2D eigenvalue weighted by molar-refractivity contribution is 7.83. The average Bonchev–Trinajstić information content (AvgIpc) is 0.811. The van der Waals surface area contributed by atoms with Crippen molar-refractivity contribution in [2.24, 2.45) is 0 Å². The molecule has 0 saturated heterocycles. The highest BCUT2D eigenvalue weighted by Gasteiger charge is 1.60. The molecule has 0 saturated carbocycles. The molecule has 32 valence electrons. The van der Waals surface area contributed by atoms with Crippen LogP contribution in [0.4, 0.5) is 0 Å². The van der Waals surface area contributed by atoms with Crippen molar-refractivity contribution in [2.75, 3.05) is 0 Å². The zero-order valence-corrected chi connectivity index (χ0v) is 3.86. The van der Waals surface area contributed by atoms with E-state index in [9.17, 15) is 0 Å². The summed E-state index contributed by atoms with van der Waals surface area (Å²) in [6, 6.07) is 0. The second-order valence-corrected chi connectivity index (χ2v) is 1.87. The Kier molecular flexibility index (Phi) is 7.91. The van der Waals surface area contributed by atoms with Crippen LogP contribution in [0.25, 0.3) is 0 Å². The Balaban J connectivity index is 0. The quantitative estimate of drug-likeness (QED) is 0.340. The van der Waals surface area contributed by atoms with Crippen molar-refractivity contribution in [3.63, 3.8) is 0 Å². The molecular weight excluding hydrogens is 104 g/mol. The fourth-order valence-electron chi connectivity index (χ4n) is 0. The van der Waals surface area contributed by atoms with Crippen LogP contribution in [0.1, 0.15) is 14.4 Å². The molecule has 5 heavy (non-hydrogen) atoms. The lowest BCUT2D eigenvalue weighted by Gasteiger charge is -1.57. The molecule has 0 atom stereocenters. The first kappa shape index (κ1) is 9.03. The van der Waals surface area contributed by atoms with E-state index in [1.807, 2.05) is 0 Å². The molecule has 0 aliphatic rings. The second kappa shape index (κ2) is 4.38. The second-order valence-electron chi connectivity index (χ2n) is 0.470. The first-order valence-electron chi connectivity index (χ1n) is 0.893. The molecule has 0 bridgehead atoms. The van der Waals surface area contributed by atoms with Crippen LogP contribution in [0.5, 0.6) is 0 Å². The number of halogens is 1. The molecule has 0 spiro atoms. The molecule has 0 aliphatic heterocycles. The van der Waals surface area contributed by atoms with Gasteiger partial charge in [-0.25, -0.2) is 0 Å². The largest absolute Gasteiger partial charge is 0.0777 e. The molecule has 0 aromatic carbocycles. The van der Waals surface area contributed by atoms with Gasteiger partial charge in [-0.1, -0.05) is 31.2 Å². The number of hydrogen-bond acceptors (Lipinski definition) is 1. The van der Waals surface area contributed by atoms with Gasteiger partial charge in [0.2, 0.25) is 0 Å². The SMILES string of the molecule is C.CC(=S)Cl. The van der Waals surface area contributed by atoms with Crippen LogP contribution in [-0.4, -0.2) is 4.32 Å². The first-order valence-corrected chi connectivity index (χ1v) is 1.68. The zero-order valence-electron chi connectivity index (χ0n) is 2.29. The summed E-state index contributed by atoms with van der Waals surface area (Å²) >= 11 is 9.31. The van der Waals surface area contributed by atoms with E-state index >= 15 is 0 Å². The molecule has 0 radical (unpaired) electrons. The maximum Gasteiger partial charge on any atom is 0.0777 e. The highest BCUT2D eigenvalue weighted by Crippen LogP contribution is 1.75. The minimum absolute atomic E-state index is 0. The maximum atomic E-state index is 5.01. The van der Waals surface area contributed by atoms with E-state index in [1.165, 1.54) is 0 Å². The van der Waals surface area contributed by atoms with Crippen LogP contribution in [0.3, 0.4) is 0 Å². The number of thiocarbonyl (C=S) groups is 1. The van der Waals surface area contributed by atoms with Crippen LogP contribution in [0, 0.1) is 0 Å². The minimum atomic E-state index is 0. The van der Waals surface area contributed by atoms with Gasteiger partial charge in [0.05, 0.1) is 4.32 Å². The predicted molar refractivity (Wildman–Crippen MR) is 30.9 cm³/mol. The van der Waals surface area contributed by atoms with Gasteiger partial charge in [0.15, 0.2) is 0 Å². The third kappa shape index (κ3) is 172. The Hall–Kier alpha value is 0.380. The van der Waals surface area contributed by atoms with E-state index in [0.29, 0.717) is 4.32 Å². The van der Waals surface area contributed by atoms with E-state index in [2.05, 4.69) is 12.2 Å². The Morgan fingerprint density at radius 1 is 1.80 bits per heavy atom. The summed E-state index contributed by atoms with van der Waals surface area (Å²) < 4.78 is 0.472. The molecule has 0 heterocycles. The molecule has 0 aromatic heterocycles. The fourth-order valence-corrected chi connectivity index (χ4v) is 0. The van der Waals surface area contributed by atoms with Gasteiger partial charge in [-0.05, 0) is 6.92 Å². The molecule has 0 aliphatic carbocycles. The van der Waals surface area contributed by atoms with Gasteiger partial charge in [-0.15, -0.1) is 0 Å². The molecule has 0 N–H and O–H groups in total. The molecule has 0 rings (SSSR count). The Morgan fingerprint density at radius 3 is 1.80 bits per heavy atom. The zero-order chi connectivity index (χ0) is 3.58. The van der Waals surface area contributed by atoms with Crippen LogP contribution in [0.2, 0.25) is 0 Å². The van der Waals surface area contributed by atoms with Crippen molar-refractivity contribution in [1.82, 2.24) is 0 Å². The van der Waals surface area contributed by atoms with E-state index in [-0.39, 0.29) is 7.43 Å². The lowest BCUT2D eigenvalue weighted by Crippen LogP contribution is -1.54. The maximum absolute atomic E-state index is 5.01. The lowest BCUT2D eigenvalue weighted by atomic mass is 11.0. The van der Waals surface area contributed by atoms with Gasteiger partial charge in [-0.2, -0.15) is 0 Å². The molecule has 0 amide bonds. The van der Waals surface area contributed by atoms with E-state index in [4.69, 9.17) is 11.6 Å². The molecular formula is C3H7ClS. The predicted octanol–water partition coefficient (Wildman–Crippen LogP) is 2.21. The lowest BCUT2D eigenvalue weighted by molar-refractivity contribution is 2.11. The molecule has 0 nitrogen and oxygen atoms in total. The van der Waals surface area contributed by atoms with Crippen molar-refractivity contribution >= 4 is 28.1 Å². The van der Waals surface area contributed by atoms with Crippen LogP contribution < -0.4 is 0 Å². The number of rotatable bonds is 0. The fraction of sp³-hybridized carbons (Fsp3) is 0.667. The van der Waals surface area contributed by atoms with Crippen molar-refractivity contribution in [3.05, 3.63) is 0 Å². The third-order valence-corrected chi connectivity index (χ3v) is 0. The van der Waals surface area contributed by atoms with Crippen molar-refractivity contribution in [3.8, 4) is 0 Å². The third-order valence-electron chi connectivity index (χ3n) is 0. The summed E-state index contributed by atoms with van der Waals surface area (Å²) in [5, 5.41) is 0. The van der Waals surface area contributed by atoms with Gasteiger partial charge in [-0.3, -0.25) is 0 Å². The van der Waals surface area contributed by atoms with Crippen molar-refractivity contribution < 1.29 is 0 Å². The smallest absolute Gasteiger partial charge is 0.0776 e. The van der Waals surface area contributed by atoms with Gasteiger partial charge in [0, 0.05) is 0 Å². The first-order chi connectivity index (χ1) is 1.73. The topological polar surface area (TPSA) is 0 Å². The van der Waals surface area contributed by atoms with Crippen molar-refractivity contribution in [1.29, 1.82) is 0 Å². The van der Waals surface area contributed by atoms with E-state index in [1.54, 1.807) is 6.92 Å². The van der Waals surface area contributed by atoms with Crippen LogP contribution in [0.15, 0.2) is 0 Å². The Morgan fingerprint density at radius 2 is 1.80 bits per heavy atom. The van der Waals surface area contributed by atoms with Crippen LogP contribution >= 0.6 is 23.8 Å². The number of hydrogen-bond donors (Lipinski definition) is 0. The summed E-state index contributed by atoms with van der Waals surface area (Å²) in [5.41, 5.74) is 0. The molecule has 2 heteroatoms. The van der Waals surface area contributed by atoms with Gasteiger partial charge < -0.3 is 0 Å². The Bertz CT molecular complexity index is 29.9. The summed E-state index contributed by atoms with van der Waals surface area (Å²) in [6.45, 7) is 1.66. The molecule has 0 unspecified atom stereocenters. The summed E-state index contributed by atoms with van der Waals surface area (Å²) in [5.74, 6) is 0. The molecule has 0 fully saturated rings. The van der Waals surface area contributed by atoms with Gasteiger partial charge >= 0.3 is 0 Å². The highest BCUT2D eigenvalue weighted by atomic mass is 35.5. The van der Waals surface area contributed by atoms with Gasteiger partial charge in [0.1, 0.15) is 0 Å². The summed E-state index contributed by atoms with van der Waals surface area (Å²) in [4.78, 5) is 0. The van der Waals surface area contributed by atoms with Gasteiger partial charge in [0.25, 0.3) is 0 Å². The Labute approximate surface area is 43.1 Å². The molecule has 0 aromatic rings. The van der Waals surface area contributed by atoms with Crippen molar-refractivity contribution in [2.45, 2.75) is 14.4 Å². The standard InChI is InChI=1S/C2H3ClS.CH4/c1-2(3)4;/h1H3;1H4. The van der Waals surface area contributed by atoms with E-state index < -0.39 is 0 Å². The monoisotopic (exact) mass is 110 g/mol. The normalized spacial score (nSPS) is 5.20. The summed E-state index contributed by atoms with van der Waals surface area (Å²) in [6.07, 6.45) is 0. The minimum Gasteiger partial charge on any atom is -0.0776 e. The average molecular weight is 111 g/mol. The van der Waals surface area contributed by atoms with E-state index in [0.717, 1.165) is 0 Å². The summed E-state index contributed by atoms with van der Waals surface area (Å²) in [7, 11) is 0.